The van der Waals surface area contributed by atoms with Crippen molar-refractivity contribution in [3.05, 3.63) is 0 Å². The van der Waals surface area contributed by atoms with Crippen molar-refractivity contribution < 1.29 is 4.39 Å². The van der Waals surface area contributed by atoms with Crippen molar-refractivity contribution in [3.63, 3.8) is 0 Å². The van der Waals surface area contributed by atoms with Crippen LogP contribution < -0.4 is 0 Å². The van der Waals surface area contributed by atoms with Gasteiger partial charge in [-0.15, -0.1) is 0 Å². The number of hydrogen-bond donors (Lipinski definition) is 0. The highest BCUT2D eigenvalue weighted by Gasteiger charge is 2.06. The molecule has 0 bridgehead atoms. The van der Waals surface area contributed by atoms with Gasteiger partial charge in [-0.1, -0.05) is 61.6 Å². The van der Waals surface area contributed by atoms with Crippen LogP contribution in [0.25, 0.3) is 0 Å². The summed E-state index contributed by atoms with van der Waals surface area (Å²) in [6.07, 6.45) is 9.88. The molecule has 86 valence electrons. The Morgan fingerprint density at radius 2 is 1.64 bits per heavy atom. The van der Waals surface area contributed by atoms with E-state index >= 15 is 0 Å². The van der Waals surface area contributed by atoms with Gasteiger partial charge < -0.3 is 0 Å². The summed E-state index contributed by atoms with van der Waals surface area (Å²) in [5.41, 5.74) is 0. The summed E-state index contributed by atoms with van der Waals surface area (Å²) in [6, 6.07) is 0. The largest absolute Gasteiger partial charge is 0.251 e. The van der Waals surface area contributed by atoms with E-state index < -0.39 is 0 Å². The summed E-state index contributed by atoms with van der Waals surface area (Å²) >= 11 is 2.47. The van der Waals surface area contributed by atoms with E-state index in [9.17, 15) is 4.39 Å². The van der Waals surface area contributed by atoms with Gasteiger partial charge in [0.15, 0.2) is 0 Å². The molecule has 0 fully saturated rings. The van der Waals surface area contributed by atoms with E-state index in [0.29, 0.717) is 0 Å². The van der Waals surface area contributed by atoms with Crippen LogP contribution in [0.2, 0.25) is 0 Å². The maximum absolute atomic E-state index is 11.9. The summed E-state index contributed by atoms with van der Waals surface area (Å²) in [5, 5.41) is 0. The third kappa shape index (κ3) is 9.22. The number of hydrogen-bond acceptors (Lipinski definition) is 0. The molecule has 0 saturated heterocycles. The van der Waals surface area contributed by atoms with Crippen molar-refractivity contribution in [2.45, 2.75) is 58.3 Å². The highest BCUT2D eigenvalue weighted by molar-refractivity contribution is 14.1. The fourth-order valence-corrected chi connectivity index (χ4v) is 2.57. The van der Waals surface area contributed by atoms with Gasteiger partial charge in [-0.2, -0.15) is 0 Å². The van der Waals surface area contributed by atoms with Crippen molar-refractivity contribution in [2.24, 2.45) is 5.92 Å². The molecule has 14 heavy (non-hydrogen) atoms. The normalized spacial score (nSPS) is 13.1. The molecule has 0 saturated carbocycles. The van der Waals surface area contributed by atoms with Crippen LogP contribution in [0, 0.1) is 5.92 Å². The Labute approximate surface area is 102 Å². The average Bonchev–Trinajstić information content (AvgIpc) is 2.22. The Morgan fingerprint density at radius 3 is 2.14 bits per heavy atom. The summed E-state index contributed by atoms with van der Waals surface area (Å²) in [4.78, 5) is 0. The molecule has 0 nitrogen and oxygen atoms in total. The van der Waals surface area contributed by atoms with Gasteiger partial charge >= 0.3 is 0 Å². The van der Waals surface area contributed by atoms with E-state index in [-0.39, 0.29) is 6.67 Å². The standard InChI is InChI=1S/C12H24FI/c1-2-3-4-5-8-12(11-14)9-6-7-10-13/h12H,2-11H2,1H3. The molecule has 0 aromatic rings. The molecule has 1 unspecified atom stereocenters. The predicted octanol–water partition coefficient (Wildman–Crippen LogP) is 5.15. The average molecular weight is 314 g/mol. The SMILES string of the molecule is CCCCCCC(CI)CCCCF. The van der Waals surface area contributed by atoms with E-state index in [1.165, 1.54) is 43.0 Å². The van der Waals surface area contributed by atoms with E-state index in [4.69, 9.17) is 0 Å². The van der Waals surface area contributed by atoms with E-state index in [1.54, 1.807) is 0 Å². The second kappa shape index (κ2) is 11.7. The van der Waals surface area contributed by atoms with Crippen LogP contribution in [-0.4, -0.2) is 11.1 Å². The van der Waals surface area contributed by atoms with Crippen LogP contribution >= 0.6 is 22.6 Å². The van der Waals surface area contributed by atoms with Crippen LogP contribution in [0.4, 0.5) is 4.39 Å². The summed E-state index contributed by atoms with van der Waals surface area (Å²) < 4.78 is 13.1. The minimum atomic E-state index is -0.135. The third-order valence-corrected chi connectivity index (χ3v) is 3.93. The Balaban J connectivity index is 3.28. The number of rotatable bonds is 10. The first kappa shape index (κ1) is 14.7. The second-order valence-electron chi connectivity index (χ2n) is 4.05. The van der Waals surface area contributed by atoms with Crippen LogP contribution in [-0.2, 0) is 0 Å². The fourth-order valence-electron chi connectivity index (χ4n) is 1.69. The Morgan fingerprint density at radius 1 is 1.00 bits per heavy atom. The quantitative estimate of drug-likeness (QED) is 0.297. The molecule has 0 N–H and O–H groups in total. The molecule has 0 radical (unpaired) electrons. The number of alkyl halides is 2. The van der Waals surface area contributed by atoms with Crippen LogP contribution in [0.1, 0.15) is 58.3 Å². The van der Waals surface area contributed by atoms with Gasteiger partial charge in [-0.25, -0.2) is 0 Å². The van der Waals surface area contributed by atoms with Gasteiger partial charge in [0.25, 0.3) is 0 Å². The van der Waals surface area contributed by atoms with Crippen molar-refractivity contribution >= 4 is 22.6 Å². The number of unbranched alkanes of at least 4 members (excludes halogenated alkanes) is 4. The molecule has 0 aromatic heterocycles. The van der Waals surface area contributed by atoms with Gasteiger partial charge in [0.2, 0.25) is 0 Å². The second-order valence-corrected chi connectivity index (χ2v) is 4.94. The van der Waals surface area contributed by atoms with Gasteiger partial charge in [0, 0.05) is 4.43 Å². The zero-order chi connectivity index (χ0) is 10.6. The molecule has 0 aliphatic rings. The monoisotopic (exact) mass is 314 g/mol. The lowest BCUT2D eigenvalue weighted by Gasteiger charge is -2.12. The smallest absolute Gasteiger partial charge is 0.0894 e. The van der Waals surface area contributed by atoms with Gasteiger partial charge in [-0.05, 0) is 25.2 Å². The van der Waals surface area contributed by atoms with E-state index in [0.717, 1.165) is 18.8 Å². The van der Waals surface area contributed by atoms with Crippen molar-refractivity contribution in [2.75, 3.05) is 11.1 Å². The molecule has 0 aromatic carbocycles. The summed E-state index contributed by atoms with van der Waals surface area (Å²) in [5.74, 6) is 0.846. The summed E-state index contributed by atoms with van der Waals surface area (Å²) in [6.45, 7) is 2.11. The minimum Gasteiger partial charge on any atom is -0.251 e. The van der Waals surface area contributed by atoms with E-state index in [2.05, 4.69) is 29.5 Å². The molecule has 0 aliphatic heterocycles. The van der Waals surface area contributed by atoms with E-state index in [1.807, 2.05) is 0 Å². The number of halogens is 2. The van der Waals surface area contributed by atoms with Crippen molar-refractivity contribution in [1.82, 2.24) is 0 Å². The Hall–Kier alpha value is 0.660. The molecule has 0 heterocycles. The summed E-state index contributed by atoms with van der Waals surface area (Å²) in [7, 11) is 0. The van der Waals surface area contributed by atoms with Crippen LogP contribution in [0.5, 0.6) is 0 Å². The first-order chi connectivity index (χ1) is 6.85. The molecule has 0 rings (SSSR count). The molecule has 0 spiro atoms. The topological polar surface area (TPSA) is 0 Å². The van der Waals surface area contributed by atoms with Crippen LogP contribution in [0.15, 0.2) is 0 Å². The predicted molar refractivity (Wildman–Crippen MR) is 71.0 cm³/mol. The lowest BCUT2D eigenvalue weighted by Crippen LogP contribution is -2.02. The highest BCUT2D eigenvalue weighted by atomic mass is 127. The molecule has 0 amide bonds. The zero-order valence-corrected chi connectivity index (χ0v) is 11.6. The zero-order valence-electron chi connectivity index (χ0n) is 9.40. The Bertz CT molecular complexity index is 106. The van der Waals surface area contributed by atoms with Crippen LogP contribution in [0.3, 0.4) is 0 Å². The first-order valence-corrected chi connectivity index (χ1v) is 7.49. The van der Waals surface area contributed by atoms with Crippen molar-refractivity contribution in [3.8, 4) is 0 Å². The Kier molecular flexibility index (Phi) is 12.3. The van der Waals surface area contributed by atoms with Gasteiger partial charge in [0.05, 0.1) is 6.67 Å². The fraction of sp³-hybridized carbons (Fsp3) is 1.00. The first-order valence-electron chi connectivity index (χ1n) is 5.97. The lowest BCUT2D eigenvalue weighted by molar-refractivity contribution is 0.411. The van der Waals surface area contributed by atoms with Gasteiger partial charge in [-0.3, -0.25) is 4.39 Å². The molecule has 2 heteroatoms. The van der Waals surface area contributed by atoms with Crippen molar-refractivity contribution in [1.29, 1.82) is 0 Å². The van der Waals surface area contributed by atoms with Gasteiger partial charge in [0.1, 0.15) is 0 Å². The molecule has 0 aliphatic carbocycles. The maximum atomic E-state index is 11.9. The maximum Gasteiger partial charge on any atom is 0.0894 e. The molecular formula is C12H24FI. The minimum absolute atomic E-state index is 0.135. The molecule has 1 atom stereocenters. The highest BCUT2D eigenvalue weighted by Crippen LogP contribution is 2.19. The third-order valence-electron chi connectivity index (χ3n) is 2.68. The molecular weight excluding hydrogens is 290 g/mol. The lowest BCUT2D eigenvalue weighted by atomic mass is 9.97.